The third-order valence-electron chi connectivity index (χ3n) is 2.07. The number of hydrogen-bond donors (Lipinski definition) is 1. The molecule has 0 heterocycles. The van der Waals surface area contributed by atoms with Gasteiger partial charge in [-0.2, -0.15) is 0 Å². The Morgan fingerprint density at radius 1 is 1.56 bits per heavy atom. The van der Waals surface area contributed by atoms with E-state index in [9.17, 15) is 0 Å². The van der Waals surface area contributed by atoms with Crippen molar-refractivity contribution in [1.82, 2.24) is 0 Å². The average molecular weight is 126 g/mol. The third kappa shape index (κ3) is 1.55. The predicted octanol–water partition coefficient (Wildman–Crippen LogP) is 1.73. The summed E-state index contributed by atoms with van der Waals surface area (Å²) in [4.78, 5) is 0. The van der Waals surface area contributed by atoms with E-state index in [1.165, 1.54) is 0 Å². The molecule has 0 bridgehead atoms. The van der Waals surface area contributed by atoms with Crippen LogP contribution in [0.15, 0.2) is 12.2 Å². The summed E-state index contributed by atoms with van der Waals surface area (Å²) in [5.74, 6) is 0. The maximum Gasteiger partial charge on any atom is 0.0487 e. The van der Waals surface area contributed by atoms with Crippen molar-refractivity contribution in [3.63, 3.8) is 0 Å². The first-order chi connectivity index (χ1) is 4.27. The number of aliphatic hydroxyl groups excluding tert-OH is 1. The summed E-state index contributed by atoms with van der Waals surface area (Å²) in [6, 6.07) is 0. The minimum Gasteiger partial charge on any atom is -0.396 e. The molecule has 52 valence electrons. The van der Waals surface area contributed by atoms with Crippen LogP contribution in [0.3, 0.4) is 0 Å². The lowest BCUT2D eigenvalue weighted by atomic mass is 9.80. The molecule has 0 aromatic rings. The van der Waals surface area contributed by atoms with Crippen LogP contribution >= 0.6 is 0 Å². The largest absolute Gasteiger partial charge is 0.396 e. The molecule has 1 rings (SSSR count). The molecule has 0 unspecified atom stereocenters. The summed E-state index contributed by atoms with van der Waals surface area (Å²) < 4.78 is 0. The Balaban J connectivity index is 2.50. The second kappa shape index (κ2) is 2.53. The molecule has 1 aliphatic carbocycles. The molecule has 0 saturated carbocycles. The minimum atomic E-state index is 0.189. The van der Waals surface area contributed by atoms with Crippen molar-refractivity contribution in [2.45, 2.75) is 26.2 Å². The zero-order chi connectivity index (χ0) is 6.74. The third-order valence-corrected chi connectivity index (χ3v) is 2.07. The van der Waals surface area contributed by atoms with Gasteiger partial charge in [-0.15, -0.1) is 0 Å². The highest BCUT2D eigenvalue weighted by Gasteiger charge is 2.22. The van der Waals surface area contributed by atoms with Gasteiger partial charge in [-0.05, 0) is 24.7 Å². The molecule has 0 spiro atoms. The van der Waals surface area contributed by atoms with Crippen LogP contribution in [0.4, 0.5) is 0 Å². The minimum absolute atomic E-state index is 0.189. The van der Waals surface area contributed by atoms with Gasteiger partial charge in [0.15, 0.2) is 0 Å². The van der Waals surface area contributed by atoms with Crippen LogP contribution in [0.5, 0.6) is 0 Å². The van der Waals surface area contributed by atoms with E-state index in [1.807, 2.05) is 0 Å². The van der Waals surface area contributed by atoms with Crippen molar-refractivity contribution in [3.05, 3.63) is 12.2 Å². The summed E-state index contributed by atoms with van der Waals surface area (Å²) in [6.45, 7) is 2.47. The van der Waals surface area contributed by atoms with Crippen LogP contribution in [0, 0.1) is 5.41 Å². The molecule has 0 amide bonds. The highest BCUT2D eigenvalue weighted by Crippen LogP contribution is 2.30. The maximum absolute atomic E-state index is 8.92. The van der Waals surface area contributed by atoms with Crippen molar-refractivity contribution in [2.24, 2.45) is 5.41 Å². The smallest absolute Gasteiger partial charge is 0.0487 e. The lowest BCUT2D eigenvalue weighted by Gasteiger charge is -2.27. The zero-order valence-electron chi connectivity index (χ0n) is 5.93. The van der Waals surface area contributed by atoms with Gasteiger partial charge in [0.05, 0.1) is 0 Å². The van der Waals surface area contributed by atoms with Gasteiger partial charge < -0.3 is 5.11 Å². The summed E-state index contributed by atoms with van der Waals surface area (Å²) in [7, 11) is 0. The molecular formula is C8H14O. The molecule has 0 aromatic carbocycles. The van der Waals surface area contributed by atoms with E-state index < -0.39 is 0 Å². The standard InChI is InChI=1S/C8H14O/c1-8(7-9)5-3-2-4-6-8/h2-3,9H,4-7H2,1H3/t8-/m1/s1. The van der Waals surface area contributed by atoms with E-state index in [0.717, 1.165) is 19.3 Å². The summed E-state index contributed by atoms with van der Waals surface area (Å²) >= 11 is 0. The Kier molecular flexibility index (Phi) is 1.91. The Morgan fingerprint density at radius 3 is 2.67 bits per heavy atom. The van der Waals surface area contributed by atoms with Crippen LogP contribution in [-0.2, 0) is 0 Å². The number of aliphatic hydroxyl groups is 1. The fourth-order valence-electron chi connectivity index (χ4n) is 1.16. The van der Waals surface area contributed by atoms with Crippen molar-refractivity contribution >= 4 is 0 Å². The van der Waals surface area contributed by atoms with Crippen molar-refractivity contribution in [2.75, 3.05) is 6.61 Å². The van der Waals surface area contributed by atoms with E-state index in [2.05, 4.69) is 19.1 Å². The molecule has 1 heteroatoms. The Morgan fingerprint density at radius 2 is 2.33 bits per heavy atom. The van der Waals surface area contributed by atoms with Gasteiger partial charge in [0.2, 0.25) is 0 Å². The van der Waals surface area contributed by atoms with E-state index >= 15 is 0 Å². The molecule has 1 aliphatic rings. The van der Waals surface area contributed by atoms with Gasteiger partial charge in [0.25, 0.3) is 0 Å². The monoisotopic (exact) mass is 126 g/mol. The van der Waals surface area contributed by atoms with Gasteiger partial charge in [-0.1, -0.05) is 19.1 Å². The van der Waals surface area contributed by atoms with Crippen LogP contribution < -0.4 is 0 Å². The fraction of sp³-hybridized carbons (Fsp3) is 0.750. The van der Waals surface area contributed by atoms with Crippen LogP contribution in [0.2, 0.25) is 0 Å². The zero-order valence-corrected chi connectivity index (χ0v) is 5.93. The second-order valence-corrected chi connectivity index (χ2v) is 3.18. The highest BCUT2D eigenvalue weighted by atomic mass is 16.3. The normalized spacial score (nSPS) is 34.9. The second-order valence-electron chi connectivity index (χ2n) is 3.18. The molecule has 1 nitrogen and oxygen atoms in total. The molecule has 1 N–H and O–H groups in total. The van der Waals surface area contributed by atoms with E-state index in [1.54, 1.807) is 0 Å². The molecular weight excluding hydrogens is 112 g/mol. The quantitative estimate of drug-likeness (QED) is 0.530. The SMILES string of the molecule is C[C@@]1(CO)CC=CCC1. The van der Waals surface area contributed by atoms with Gasteiger partial charge in [-0.3, -0.25) is 0 Å². The highest BCUT2D eigenvalue weighted by molar-refractivity contribution is 4.95. The van der Waals surface area contributed by atoms with Gasteiger partial charge in [0.1, 0.15) is 0 Å². The maximum atomic E-state index is 8.92. The molecule has 0 fully saturated rings. The van der Waals surface area contributed by atoms with E-state index in [0.29, 0.717) is 6.61 Å². The van der Waals surface area contributed by atoms with Crippen LogP contribution in [0.25, 0.3) is 0 Å². The number of allylic oxidation sites excluding steroid dienone is 2. The first kappa shape index (κ1) is 6.81. The number of rotatable bonds is 1. The Labute approximate surface area is 56.4 Å². The van der Waals surface area contributed by atoms with Gasteiger partial charge >= 0.3 is 0 Å². The Bertz CT molecular complexity index is 118. The molecule has 0 saturated heterocycles. The molecule has 0 aromatic heterocycles. The van der Waals surface area contributed by atoms with Crippen LogP contribution in [0.1, 0.15) is 26.2 Å². The molecule has 1 atom stereocenters. The first-order valence-corrected chi connectivity index (χ1v) is 3.53. The Hall–Kier alpha value is -0.300. The predicted molar refractivity (Wildman–Crippen MR) is 38.2 cm³/mol. The lowest BCUT2D eigenvalue weighted by Crippen LogP contribution is -2.21. The molecule has 0 radical (unpaired) electrons. The van der Waals surface area contributed by atoms with E-state index in [4.69, 9.17) is 5.11 Å². The first-order valence-electron chi connectivity index (χ1n) is 3.53. The van der Waals surface area contributed by atoms with Crippen molar-refractivity contribution < 1.29 is 5.11 Å². The topological polar surface area (TPSA) is 20.2 Å². The van der Waals surface area contributed by atoms with Crippen LogP contribution in [-0.4, -0.2) is 11.7 Å². The van der Waals surface area contributed by atoms with E-state index in [-0.39, 0.29) is 5.41 Å². The van der Waals surface area contributed by atoms with Crippen molar-refractivity contribution in [1.29, 1.82) is 0 Å². The summed E-state index contributed by atoms with van der Waals surface area (Å²) in [5.41, 5.74) is 0.189. The van der Waals surface area contributed by atoms with Crippen molar-refractivity contribution in [3.8, 4) is 0 Å². The molecule has 0 aliphatic heterocycles. The molecule has 9 heavy (non-hydrogen) atoms. The van der Waals surface area contributed by atoms with Gasteiger partial charge in [0, 0.05) is 6.61 Å². The van der Waals surface area contributed by atoms with Gasteiger partial charge in [-0.25, -0.2) is 0 Å². The summed E-state index contributed by atoms with van der Waals surface area (Å²) in [6.07, 6.45) is 7.68. The fourth-order valence-corrected chi connectivity index (χ4v) is 1.16. The lowest BCUT2D eigenvalue weighted by molar-refractivity contribution is 0.132. The average Bonchev–Trinajstić information content (AvgIpc) is 1.90. The summed E-state index contributed by atoms with van der Waals surface area (Å²) in [5, 5.41) is 8.92. The number of hydrogen-bond acceptors (Lipinski definition) is 1.